The smallest absolute Gasteiger partial charge is 0.471 e. The second kappa shape index (κ2) is 5.13. The maximum Gasteiger partial charge on any atom is 0.471 e. The van der Waals surface area contributed by atoms with Gasteiger partial charge in [0.15, 0.2) is 0 Å². The highest BCUT2D eigenvalue weighted by Crippen LogP contribution is 2.33. The molecule has 0 aromatic carbocycles. The lowest BCUT2D eigenvalue weighted by Gasteiger charge is -2.38. The number of rotatable bonds is 3. The number of aliphatic carboxylic acids is 1. The van der Waals surface area contributed by atoms with Crippen LogP contribution in [0.5, 0.6) is 0 Å². The van der Waals surface area contributed by atoms with Gasteiger partial charge in [-0.1, -0.05) is 0 Å². The van der Waals surface area contributed by atoms with E-state index in [1.165, 1.54) is 7.11 Å². The largest absolute Gasteiger partial charge is 0.481 e. The number of carbonyl (C=O) groups excluding carboxylic acids is 1. The topological polar surface area (TPSA) is 66.8 Å². The molecule has 8 heteroatoms. The molecule has 0 saturated carbocycles. The number of hydrogen-bond acceptors (Lipinski definition) is 3. The number of amides is 1. The molecule has 1 saturated heterocycles. The number of ether oxygens (including phenoxy) is 1. The van der Waals surface area contributed by atoms with E-state index in [9.17, 15) is 22.8 Å². The van der Waals surface area contributed by atoms with Gasteiger partial charge in [-0.2, -0.15) is 13.2 Å². The Bertz CT molecular complexity index is 335. The molecule has 0 aromatic heterocycles. The number of alkyl halides is 3. The van der Waals surface area contributed by atoms with Gasteiger partial charge in [0.2, 0.25) is 0 Å². The monoisotopic (exact) mass is 269 g/mol. The number of carbonyl (C=O) groups is 2. The van der Waals surface area contributed by atoms with Crippen molar-refractivity contribution in [3.05, 3.63) is 0 Å². The van der Waals surface area contributed by atoms with E-state index in [2.05, 4.69) is 0 Å². The Kier molecular flexibility index (Phi) is 4.20. The normalized spacial score (nSPS) is 19.7. The Hall–Kier alpha value is -1.31. The van der Waals surface area contributed by atoms with Gasteiger partial charge in [-0.15, -0.1) is 0 Å². The lowest BCUT2D eigenvalue weighted by molar-refractivity contribution is -0.189. The van der Waals surface area contributed by atoms with Crippen LogP contribution in [0.3, 0.4) is 0 Å². The molecular formula is C10H14F3NO4. The minimum Gasteiger partial charge on any atom is -0.481 e. The van der Waals surface area contributed by atoms with Crippen LogP contribution in [0.4, 0.5) is 13.2 Å². The summed E-state index contributed by atoms with van der Waals surface area (Å²) < 4.78 is 41.4. The van der Waals surface area contributed by atoms with Crippen LogP contribution in [-0.4, -0.2) is 54.9 Å². The summed E-state index contributed by atoms with van der Waals surface area (Å²) in [4.78, 5) is 22.8. The zero-order valence-corrected chi connectivity index (χ0v) is 9.79. The van der Waals surface area contributed by atoms with E-state index in [4.69, 9.17) is 9.84 Å². The summed E-state index contributed by atoms with van der Waals surface area (Å²) in [6.07, 6.45) is -5.00. The van der Waals surface area contributed by atoms with Crippen molar-refractivity contribution >= 4 is 11.9 Å². The molecule has 0 bridgehead atoms. The van der Waals surface area contributed by atoms with Crippen LogP contribution in [0.15, 0.2) is 0 Å². The number of likely N-dealkylation sites (tertiary alicyclic amines) is 1. The van der Waals surface area contributed by atoms with Gasteiger partial charge in [0, 0.05) is 20.2 Å². The number of methoxy groups -OCH3 is 1. The predicted octanol–water partition coefficient (Wildman–Crippen LogP) is 0.889. The zero-order valence-electron chi connectivity index (χ0n) is 9.79. The summed E-state index contributed by atoms with van der Waals surface area (Å²) in [5.41, 5.74) is -1.20. The third kappa shape index (κ3) is 2.92. The van der Waals surface area contributed by atoms with Crippen molar-refractivity contribution < 1.29 is 32.6 Å². The molecule has 0 radical (unpaired) electrons. The van der Waals surface area contributed by atoms with E-state index in [1.54, 1.807) is 0 Å². The molecule has 0 unspecified atom stereocenters. The minimum absolute atomic E-state index is 0.0437. The summed E-state index contributed by atoms with van der Waals surface area (Å²) in [5.74, 6) is -3.03. The quantitative estimate of drug-likeness (QED) is 0.826. The molecule has 1 aliphatic rings. The molecule has 1 aliphatic heterocycles. The number of carboxylic acids is 1. The van der Waals surface area contributed by atoms with E-state index in [0.29, 0.717) is 4.90 Å². The maximum absolute atomic E-state index is 12.2. The van der Waals surface area contributed by atoms with Gasteiger partial charge < -0.3 is 14.7 Å². The van der Waals surface area contributed by atoms with E-state index in [-0.39, 0.29) is 32.5 Å². The lowest BCUT2D eigenvalue weighted by Crippen LogP contribution is -2.51. The van der Waals surface area contributed by atoms with Crippen molar-refractivity contribution in [1.29, 1.82) is 0 Å². The van der Waals surface area contributed by atoms with Gasteiger partial charge in [0.1, 0.15) is 0 Å². The molecule has 1 amide bonds. The van der Waals surface area contributed by atoms with Crippen molar-refractivity contribution in [2.45, 2.75) is 19.0 Å². The summed E-state index contributed by atoms with van der Waals surface area (Å²) in [7, 11) is 1.33. The number of halogens is 3. The van der Waals surface area contributed by atoms with Crippen LogP contribution in [0.25, 0.3) is 0 Å². The van der Waals surface area contributed by atoms with Crippen LogP contribution >= 0.6 is 0 Å². The second-order valence-corrected chi connectivity index (χ2v) is 4.31. The molecule has 104 valence electrons. The molecule has 0 atom stereocenters. The number of carboxylic acid groups (broad SMARTS) is 1. The van der Waals surface area contributed by atoms with E-state index in [0.717, 1.165) is 0 Å². The fraction of sp³-hybridized carbons (Fsp3) is 0.800. The van der Waals surface area contributed by atoms with Gasteiger partial charge in [0.05, 0.1) is 12.0 Å². The molecule has 1 N–H and O–H groups in total. The first kappa shape index (κ1) is 14.7. The van der Waals surface area contributed by atoms with Crippen LogP contribution in [0.1, 0.15) is 12.8 Å². The van der Waals surface area contributed by atoms with Crippen LogP contribution in [0.2, 0.25) is 0 Å². The average Bonchev–Trinajstić information content (AvgIpc) is 2.28. The predicted molar refractivity (Wildman–Crippen MR) is 53.8 cm³/mol. The fourth-order valence-electron chi connectivity index (χ4n) is 2.01. The Balaban J connectivity index is 2.70. The molecule has 0 aromatic rings. The summed E-state index contributed by atoms with van der Waals surface area (Å²) in [6, 6.07) is 0. The number of hydrogen-bond donors (Lipinski definition) is 1. The third-order valence-electron chi connectivity index (χ3n) is 3.12. The first-order valence-electron chi connectivity index (χ1n) is 5.31. The summed E-state index contributed by atoms with van der Waals surface area (Å²) in [6.45, 7) is -0.529. The van der Waals surface area contributed by atoms with Gasteiger partial charge in [-0.05, 0) is 12.8 Å². The standard InChI is InChI=1S/C10H14F3NO4/c1-18-6-9(8(16)17)2-4-14(5-3-9)7(15)10(11,12)13/h2-6H2,1H3,(H,16,17). The Labute approximate surface area is 102 Å². The Morgan fingerprint density at radius 1 is 1.33 bits per heavy atom. The van der Waals surface area contributed by atoms with Gasteiger partial charge in [0.25, 0.3) is 0 Å². The molecular weight excluding hydrogens is 255 g/mol. The van der Waals surface area contributed by atoms with Crippen molar-refractivity contribution in [2.75, 3.05) is 26.8 Å². The van der Waals surface area contributed by atoms with E-state index >= 15 is 0 Å². The van der Waals surface area contributed by atoms with Crippen LogP contribution in [-0.2, 0) is 14.3 Å². The van der Waals surface area contributed by atoms with Gasteiger partial charge in [-0.25, -0.2) is 0 Å². The summed E-state index contributed by atoms with van der Waals surface area (Å²) in [5, 5.41) is 9.10. The Morgan fingerprint density at radius 3 is 2.17 bits per heavy atom. The molecule has 18 heavy (non-hydrogen) atoms. The summed E-state index contributed by atoms with van der Waals surface area (Å²) >= 11 is 0. The first-order chi connectivity index (χ1) is 8.23. The third-order valence-corrected chi connectivity index (χ3v) is 3.12. The minimum atomic E-state index is -4.91. The van der Waals surface area contributed by atoms with Crippen molar-refractivity contribution in [3.8, 4) is 0 Å². The lowest BCUT2D eigenvalue weighted by atomic mass is 9.79. The van der Waals surface area contributed by atoms with E-state index < -0.39 is 23.5 Å². The van der Waals surface area contributed by atoms with Crippen molar-refractivity contribution in [3.63, 3.8) is 0 Å². The van der Waals surface area contributed by atoms with Gasteiger partial charge in [-0.3, -0.25) is 9.59 Å². The molecule has 0 aliphatic carbocycles. The van der Waals surface area contributed by atoms with Crippen LogP contribution in [0, 0.1) is 5.41 Å². The first-order valence-corrected chi connectivity index (χ1v) is 5.31. The molecule has 1 fully saturated rings. The highest BCUT2D eigenvalue weighted by atomic mass is 19.4. The van der Waals surface area contributed by atoms with Gasteiger partial charge >= 0.3 is 18.1 Å². The molecule has 1 heterocycles. The van der Waals surface area contributed by atoms with Crippen molar-refractivity contribution in [2.24, 2.45) is 5.41 Å². The molecule has 1 rings (SSSR count). The number of nitrogens with zero attached hydrogens (tertiary/aromatic N) is 1. The second-order valence-electron chi connectivity index (χ2n) is 4.31. The Morgan fingerprint density at radius 2 is 1.83 bits per heavy atom. The zero-order chi connectivity index (χ0) is 14.0. The van der Waals surface area contributed by atoms with E-state index in [1.807, 2.05) is 0 Å². The molecule has 0 spiro atoms. The fourth-order valence-corrected chi connectivity index (χ4v) is 2.01. The highest BCUT2D eigenvalue weighted by Gasteiger charge is 2.48. The van der Waals surface area contributed by atoms with Crippen LogP contribution < -0.4 is 0 Å². The average molecular weight is 269 g/mol. The SMILES string of the molecule is COCC1(C(=O)O)CCN(C(=O)C(F)(F)F)CC1. The van der Waals surface area contributed by atoms with Crippen molar-refractivity contribution in [1.82, 2.24) is 4.90 Å². The maximum atomic E-state index is 12.2. The molecule has 5 nitrogen and oxygen atoms in total. The number of piperidine rings is 1. The highest BCUT2D eigenvalue weighted by molar-refractivity contribution is 5.82.